The van der Waals surface area contributed by atoms with Crippen LogP contribution in [0.5, 0.6) is 5.75 Å². The lowest BCUT2D eigenvalue weighted by Gasteiger charge is -2.07. The molecule has 1 aromatic carbocycles. The van der Waals surface area contributed by atoms with Crippen molar-refractivity contribution in [2.45, 2.75) is 18.4 Å². The molecule has 2 aromatic rings. The Morgan fingerprint density at radius 1 is 1.42 bits per heavy atom. The second-order valence-corrected chi connectivity index (χ2v) is 5.94. The van der Waals surface area contributed by atoms with Crippen LogP contribution in [0.1, 0.15) is 5.56 Å². The van der Waals surface area contributed by atoms with E-state index in [9.17, 15) is 13.5 Å². The lowest BCUT2D eigenvalue weighted by molar-refractivity contribution is 0.473. The van der Waals surface area contributed by atoms with Crippen molar-refractivity contribution in [2.24, 2.45) is 0 Å². The molecule has 0 aliphatic carbocycles. The van der Waals surface area contributed by atoms with Crippen LogP contribution in [0.2, 0.25) is 0 Å². The summed E-state index contributed by atoms with van der Waals surface area (Å²) in [7, 11) is -3.60. The van der Waals surface area contributed by atoms with Gasteiger partial charge in [0.2, 0.25) is 10.0 Å². The van der Waals surface area contributed by atoms with Gasteiger partial charge in [0, 0.05) is 12.7 Å². The van der Waals surface area contributed by atoms with E-state index >= 15 is 0 Å². The van der Waals surface area contributed by atoms with Gasteiger partial charge in [-0.15, -0.1) is 0 Å². The fourth-order valence-electron chi connectivity index (χ4n) is 1.62. The molecule has 19 heavy (non-hydrogen) atoms. The van der Waals surface area contributed by atoms with E-state index in [1.807, 2.05) is 13.1 Å². The number of aromatic nitrogens is 2. The third-order valence-corrected chi connectivity index (χ3v) is 3.98. The molecule has 7 heteroatoms. The number of nitrogens with zero attached hydrogens (tertiary/aromatic N) is 2. The molecule has 0 aliphatic rings. The zero-order valence-electron chi connectivity index (χ0n) is 10.4. The Morgan fingerprint density at radius 2 is 2.21 bits per heavy atom. The Labute approximate surface area is 111 Å². The molecular formula is C12H15N3O3S. The Hall–Kier alpha value is -1.86. The largest absolute Gasteiger partial charge is 0.508 e. The summed E-state index contributed by atoms with van der Waals surface area (Å²) in [5, 5.41) is 13.3. The monoisotopic (exact) mass is 281 g/mol. The highest BCUT2D eigenvalue weighted by Crippen LogP contribution is 2.15. The van der Waals surface area contributed by atoms with Crippen LogP contribution in [0.25, 0.3) is 0 Å². The van der Waals surface area contributed by atoms with E-state index in [1.54, 1.807) is 10.9 Å². The summed E-state index contributed by atoms with van der Waals surface area (Å²) in [6, 6.07) is 5.55. The average molecular weight is 281 g/mol. The van der Waals surface area contributed by atoms with Crippen LogP contribution < -0.4 is 4.72 Å². The molecule has 0 saturated heterocycles. The molecular weight excluding hydrogens is 266 g/mol. The molecule has 2 N–H and O–H groups in total. The Bertz CT molecular complexity index is 664. The molecule has 2 rings (SSSR count). The fraction of sp³-hybridized carbons (Fsp3) is 0.250. The Balaban J connectivity index is 1.98. The summed E-state index contributed by atoms with van der Waals surface area (Å²) in [5.74, 6) is -0.0782. The molecule has 0 radical (unpaired) electrons. The van der Waals surface area contributed by atoms with Gasteiger partial charge in [0.25, 0.3) is 0 Å². The lowest BCUT2D eigenvalue weighted by Crippen LogP contribution is -2.27. The summed E-state index contributed by atoms with van der Waals surface area (Å²) in [4.78, 5) is 0.0455. The van der Waals surface area contributed by atoms with Crippen LogP contribution in [0.3, 0.4) is 0 Å². The second-order valence-electron chi connectivity index (χ2n) is 4.18. The standard InChI is InChI=1S/C12H15N3O3S/c1-10-8-13-15(9-10)6-5-14-19(17,18)12-4-2-3-11(16)7-12/h2-4,7-9,14,16H,5-6H2,1H3. The van der Waals surface area contributed by atoms with Gasteiger partial charge in [-0.05, 0) is 30.7 Å². The number of phenols is 1. The second kappa shape index (κ2) is 5.41. The predicted molar refractivity (Wildman–Crippen MR) is 70.3 cm³/mol. The normalized spacial score (nSPS) is 11.6. The van der Waals surface area contributed by atoms with Crippen molar-refractivity contribution in [1.29, 1.82) is 0 Å². The number of hydrogen-bond donors (Lipinski definition) is 2. The molecule has 6 nitrogen and oxygen atoms in total. The van der Waals surface area contributed by atoms with Gasteiger partial charge in [0.1, 0.15) is 5.75 Å². The summed E-state index contributed by atoms with van der Waals surface area (Å²) in [6.07, 6.45) is 3.55. The summed E-state index contributed by atoms with van der Waals surface area (Å²) >= 11 is 0. The van der Waals surface area contributed by atoms with Crippen molar-refractivity contribution in [3.8, 4) is 5.75 Å². The van der Waals surface area contributed by atoms with Gasteiger partial charge in [-0.25, -0.2) is 13.1 Å². The van der Waals surface area contributed by atoms with E-state index in [1.165, 1.54) is 24.3 Å². The molecule has 1 aromatic heterocycles. The molecule has 0 atom stereocenters. The maximum atomic E-state index is 11.9. The minimum atomic E-state index is -3.60. The molecule has 0 aliphatic heterocycles. The number of benzene rings is 1. The van der Waals surface area contributed by atoms with Gasteiger partial charge >= 0.3 is 0 Å². The van der Waals surface area contributed by atoms with Crippen LogP contribution in [0.15, 0.2) is 41.6 Å². The van der Waals surface area contributed by atoms with Crippen LogP contribution in [-0.2, 0) is 16.6 Å². The molecule has 0 saturated carbocycles. The number of sulfonamides is 1. The third kappa shape index (κ3) is 3.55. The molecule has 0 bridgehead atoms. The maximum absolute atomic E-state index is 11.9. The van der Waals surface area contributed by atoms with Crippen LogP contribution in [0.4, 0.5) is 0 Å². The van der Waals surface area contributed by atoms with E-state index in [4.69, 9.17) is 0 Å². The van der Waals surface area contributed by atoms with Crippen LogP contribution >= 0.6 is 0 Å². The van der Waals surface area contributed by atoms with Gasteiger partial charge in [-0.1, -0.05) is 6.07 Å². The Kier molecular flexibility index (Phi) is 3.87. The molecule has 0 spiro atoms. The molecule has 1 heterocycles. The van der Waals surface area contributed by atoms with E-state index in [0.717, 1.165) is 5.56 Å². The number of aryl methyl sites for hydroxylation is 1. The first kappa shape index (κ1) is 13.6. The van der Waals surface area contributed by atoms with Gasteiger partial charge in [0.05, 0.1) is 17.6 Å². The van der Waals surface area contributed by atoms with E-state index in [-0.39, 0.29) is 17.2 Å². The quantitative estimate of drug-likeness (QED) is 0.852. The van der Waals surface area contributed by atoms with E-state index in [2.05, 4.69) is 9.82 Å². The van der Waals surface area contributed by atoms with Crippen molar-refractivity contribution in [2.75, 3.05) is 6.54 Å². The van der Waals surface area contributed by atoms with E-state index < -0.39 is 10.0 Å². The summed E-state index contributed by atoms with van der Waals surface area (Å²) in [5.41, 5.74) is 1.02. The van der Waals surface area contributed by atoms with Gasteiger partial charge in [0.15, 0.2) is 0 Å². The first-order valence-corrected chi connectivity index (χ1v) is 7.23. The van der Waals surface area contributed by atoms with Gasteiger partial charge < -0.3 is 5.11 Å². The van der Waals surface area contributed by atoms with Gasteiger partial charge in [-0.2, -0.15) is 5.10 Å². The van der Waals surface area contributed by atoms with Crippen LogP contribution in [0, 0.1) is 6.92 Å². The first-order chi connectivity index (χ1) is 8.97. The van der Waals surface area contributed by atoms with Crippen molar-refractivity contribution < 1.29 is 13.5 Å². The van der Waals surface area contributed by atoms with Crippen molar-refractivity contribution in [3.05, 3.63) is 42.2 Å². The number of hydrogen-bond acceptors (Lipinski definition) is 4. The first-order valence-electron chi connectivity index (χ1n) is 5.75. The average Bonchev–Trinajstić information content (AvgIpc) is 2.75. The van der Waals surface area contributed by atoms with Crippen molar-refractivity contribution >= 4 is 10.0 Å². The lowest BCUT2D eigenvalue weighted by atomic mass is 10.3. The highest BCUT2D eigenvalue weighted by Gasteiger charge is 2.13. The minimum absolute atomic E-state index is 0.0455. The number of rotatable bonds is 5. The smallest absolute Gasteiger partial charge is 0.240 e. The fourth-order valence-corrected chi connectivity index (χ4v) is 2.68. The predicted octanol–water partition coefficient (Wildman–Crippen LogP) is 0.876. The highest BCUT2D eigenvalue weighted by atomic mass is 32.2. The topological polar surface area (TPSA) is 84.2 Å². The molecule has 102 valence electrons. The summed E-state index contributed by atoms with van der Waals surface area (Å²) in [6.45, 7) is 2.60. The van der Waals surface area contributed by atoms with Crippen molar-refractivity contribution in [1.82, 2.24) is 14.5 Å². The van der Waals surface area contributed by atoms with Crippen LogP contribution in [-0.4, -0.2) is 29.8 Å². The zero-order chi connectivity index (χ0) is 13.9. The summed E-state index contributed by atoms with van der Waals surface area (Å²) < 4.78 is 28.0. The van der Waals surface area contributed by atoms with Gasteiger partial charge in [-0.3, -0.25) is 4.68 Å². The highest BCUT2D eigenvalue weighted by molar-refractivity contribution is 7.89. The SMILES string of the molecule is Cc1cnn(CCNS(=O)(=O)c2cccc(O)c2)c1. The number of nitrogens with one attached hydrogen (secondary N) is 1. The molecule has 0 amide bonds. The zero-order valence-corrected chi connectivity index (χ0v) is 11.3. The molecule has 0 unspecified atom stereocenters. The maximum Gasteiger partial charge on any atom is 0.240 e. The third-order valence-electron chi connectivity index (χ3n) is 2.52. The molecule has 0 fully saturated rings. The Morgan fingerprint density at radius 3 is 2.84 bits per heavy atom. The van der Waals surface area contributed by atoms with Crippen molar-refractivity contribution in [3.63, 3.8) is 0 Å². The minimum Gasteiger partial charge on any atom is -0.508 e. The number of aromatic hydroxyl groups is 1. The van der Waals surface area contributed by atoms with E-state index in [0.29, 0.717) is 6.54 Å². The number of phenolic OH excluding ortho intramolecular Hbond substituents is 1.